The van der Waals surface area contributed by atoms with Gasteiger partial charge < -0.3 is 38.7 Å². The van der Waals surface area contributed by atoms with Gasteiger partial charge in [-0.2, -0.15) is 0 Å². The second-order valence-corrected chi connectivity index (χ2v) is 15.1. The summed E-state index contributed by atoms with van der Waals surface area (Å²) in [5.74, 6) is 0.353. The number of fused-ring (bicyclic) bond motifs is 2. The molecule has 3 aromatic rings. The molecule has 12 heteroatoms. The first-order valence-electron chi connectivity index (χ1n) is 20.3. The van der Waals surface area contributed by atoms with Crippen LogP contribution in [0.15, 0.2) is 96.8 Å². The zero-order valence-corrected chi connectivity index (χ0v) is 32.3. The molecule has 12 nitrogen and oxygen atoms in total. The van der Waals surface area contributed by atoms with Crippen molar-refractivity contribution in [2.75, 3.05) is 33.0 Å². The number of aliphatic hydroxyl groups is 2. The Morgan fingerprint density at radius 3 is 2.57 bits per heavy atom. The van der Waals surface area contributed by atoms with Crippen molar-refractivity contribution in [3.8, 4) is 17.4 Å². The summed E-state index contributed by atoms with van der Waals surface area (Å²) in [5.41, 5.74) is 3.82. The van der Waals surface area contributed by atoms with Crippen LogP contribution in [0.5, 0.6) is 17.4 Å². The normalized spacial score (nSPS) is 27.3. The van der Waals surface area contributed by atoms with E-state index in [4.69, 9.17) is 33.7 Å². The van der Waals surface area contributed by atoms with Crippen molar-refractivity contribution in [3.05, 3.63) is 103 Å². The van der Waals surface area contributed by atoms with Gasteiger partial charge in [0.05, 0.1) is 24.8 Å². The average molecular weight is 769 g/mol. The van der Waals surface area contributed by atoms with Crippen LogP contribution >= 0.6 is 0 Å². The predicted octanol–water partition coefficient (Wildman–Crippen LogP) is 7.45. The number of unbranched alkanes of at least 4 members (excludes halogenated alkanes) is 2. The Balaban J connectivity index is 1.41. The van der Waals surface area contributed by atoms with Crippen LogP contribution in [0.2, 0.25) is 0 Å². The van der Waals surface area contributed by atoms with Crippen molar-refractivity contribution < 1.29 is 38.7 Å². The van der Waals surface area contributed by atoms with Crippen LogP contribution in [-0.4, -0.2) is 76.0 Å². The number of ether oxygens (including phenoxy) is 5. The van der Waals surface area contributed by atoms with Crippen molar-refractivity contribution in [1.29, 1.82) is 0 Å². The van der Waals surface area contributed by atoms with Gasteiger partial charge in [-0.25, -0.2) is 4.68 Å². The zero-order chi connectivity index (χ0) is 38.7. The lowest BCUT2D eigenvalue weighted by Crippen LogP contribution is -2.63. The highest BCUT2D eigenvalue weighted by Crippen LogP contribution is 2.63. The Labute approximate surface area is 329 Å². The van der Waals surface area contributed by atoms with Gasteiger partial charge in [-0.3, -0.25) is 0 Å². The third-order valence-electron chi connectivity index (χ3n) is 11.5. The minimum atomic E-state index is -1.30. The zero-order valence-electron chi connectivity index (χ0n) is 32.3. The lowest BCUT2D eigenvalue weighted by Gasteiger charge is -2.58. The predicted molar refractivity (Wildman–Crippen MR) is 211 cm³/mol. The average Bonchev–Trinajstić information content (AvgIpc) is 3.69. The monoisotopic (exact) mass is 768 g/mol. The van der Waals surface area contributed by atoms with Crippen molar-refractivity contribution >= 4 is 5.71 Å². The van der Waals surface area contributed by atoms with E-state index in [-0.39, 0.29) is 43.5 Å². The molecule has 56 heavy (non-hydrogen) atoms. The molecule has 0 bridgehead atoms. The molecule has 7 rings (SSSR count). The molecule has 0 radical (unpaired) electrons. The van der Waals surface area contributed by atoms with Crippen molar-refractivity contribution in [3.63, 3.8) is 0 Å². The van der Waals surface area contributed by atoms with E-state index in [1.165, 1.54) is 0 Å². The number of nitrogens with zero attached hydrogens (tertiary/aromatic N) is 4. The Morgan fingerprint density at radius 1 is 0.982 bits per heavy atom. The smallest absolute Gasteiger partial charge is 0.241 e. The molecule has 1 aromatic heterocycles. The molecule has 0 amide bonds. The second-order valence-electron chi connectivity index (χ2n) is 15.1. The van der Waals surface area contributed by atoms with E-state index in [0.29, 0.717) is 50.7 Å². The minimum absolute atomic E-state index is 0.120. The van der Waals surface area contributed by atoms with Gasteiger partial charge in [0.15, 0.2) is 0 Å². The Kier molecular flexibility index (Phi) is 13.6. The molecule has 4 aliphatic rings. The van der Waals surface area contributed by atoms with E-state index in [1.54, 1.807) is 23.0 Å². The summed E-state index contributed by atoms with van der Waals surface area (Å²) in [6, 6.07) is 15.4. The van der Waals surface area contributed by atoms with Crippen LogP contribution in [0, 0.1) is 17.8 Å². The molecule has 2 aliphatic carbocycles. The molecule has 7 atom stereocenters. The molecule has 1 saturated carbocycles. The summed E-state index contributed by atoms with van der Waals surface area (Å²) < 4.78 is 34.7. The SMILES string of the molecule is C=CCOc1ccc2c(c1)[C@H]1[C@H](CCCCO)[C@@H](CCCCO)C=C3C(=NOCc4ccccc4)C[C@H](n4nncc4OC4CCCCO4)[C@@](OCC=C)(O2)[C@H]31. The topological polar surface area (TPSA) is 139 Å². The van der Waals surface area contributed by atoms with Gasteiger partial charge in [-0.15, -0.1) is 11.7 Å². The first kappa shape index (κ1) is 39.7. The molecule has 300 valence electrons. The summed E-state index contributed by atoms with van der Waals surface area (Å²) in [6.45, 7) is 9.67. The third kappa shape index (κ3) is 8.58. The van der Waals surface area contributed by atoms with Gasteiger partial charge in [-0.1, -0.05) is 78.3 Å². The van der Waals surface area contributed by atoms with Crippen LogP contribution in [0.3, 0.4) is 0 Å². The third-order valence-corrected chi connectivity index (χ3v) is 11.5. The molecule has 1 saturated heterocycles. The number of benzene rings is 2. The van der Waals surface area contributed by atoms with E-state index >= 15 is 0 Å². The lowest BCUT2D eigenvalue weighted by atomic mass is 9.55. The van der Waals surface area contributed by atoms with Crippen molar-refractivity contribution in [1.82, 2.24) is 15.0 Å². The number of hydrogen-bond acceptors (Lipinski definition) is 11. The van der Waals surface area contributed by atoms with Crippen LogP contribution in [0.1, 0.15) is 87.3 Å². The van der Waals surface area contributed by atoms with Crippen molar-refractivity contribution in [2.45, 2.75) is 94.9 Å². The highest BCUT2D eigenvalue weighted by atomic mass is 16.7. The standard InChI is InChI=1S/C44H56N4O8/c1-3-23-51-33-19-20-38-36(27-33)42-34(17-9-12-22-50)32(16-8-11-21-49)26-35-37(46-54-30-31-14-6-5-7-15-31)28-39(44(56-38,43(35)42)53-24-4-2)48-40(29-45-47-48)55-41-18-10-13-25-52-41/h3-7,14-15,19-20,26-27,29,32,34,39,41-43,49-50H,1-2,8-13,16-18,21-25,28,30H2/t32-,34+,39-,41?,42+,43+,44+/m0/s1. The number of aromatic nitrogens is 3. The van der Waals surface area contributed by atoms with Crippen molar-refractivity contribution in [2.24, 2.45) is 22.9 Å². The van der Waals surface area contributed by atoms with Gasteiger partial charge in [0.25, 0.3) is 0 Å². The van der Waals surface area contributed by atoms with Gasteiger partial charge >= 0.3 is 0 Å². The number of aliphatic hydroxyl groups excluding tert-OH is 2. The van der Waals surface area contributed by atoms with E-state index in [1.807, 2.05) is 42.5 Å². The summed E-state index contributed by atoms with van der Waals surface area (Å²) in [5, 5.41) is 33.7. The molecule has 1 unspecified atom stereocenters. The number of rotatable bonds is 20. The molecule has 3 heterocycles. The maximum absolute atomic E-state index is 9.92. The Hall–Kier alpha value is -4.49. The lowest BCUT2D eigenvalue weighted by molar-refractivity contribution is -0.253. The largest absolute Gasteiger partial charge is 0.490 e. The molecule has 2 aliphatic heterocycles. The highest BCUT2D eigenvalue weighted by Gasteiger charge is 2.65. The quantitative estimate of drug-likeness (QED) is 0.0677. The summed E-state index contributed by atoms with van der Waals surface area (Å²) >= 11 is 0. The molecule has 2 N–H and O–H groups in total. The van der Waals surface area contributed by atoms with Gasteiger partial charge in [0.2, 0.25) is 18.0 Å². The summed E-state index contributed by atoms with van der Waals surface area (Å²) in [6.07, 6.45) is 15.0. The first-order chi connectivity index (χ1) is 27.6. The summed E-state index contributed by atoms with van der Waals surface area (Å²) in [4.78, 5) is 6.20. The maximum atomic E-state index is 9.92. The van der Waals surface area contributed by atoms with Gasteiger partial charge in [0, 0.05) is 37.5 Å². The van der Waals surface area contributed by atoms with Gasteiger partial charge in [0.1, 0.15) is 37.0 Å². The van der Waals surface area contributed by atoms with E-state index in [0.717, 1.165) is 73.1 Å². The fraction of sp³-hybridized carbons (Fsp3) is 0.523. The molecule has 0 spiro atoms. The van der Waals surface area contributed by atoms with E-state index in [2.05, 4.69) is 35.6 Å². The number of oxime groups is 1. The molecule has 2 aromatic carbocycles. The highest BCUT2D eigenvalue weighted by molar-refractivity contribution is 6.02. The fourth-order valence-electron chi connectivity index (χ4n) is 9.05. The van der Waals surface area contributed by atoms with E-state index in [9.17, 15) is 10.2 Å². The number of hydrogen-bond donors (Lipinski definition) is 2. The Morgan fingerprint density at radius 2 is 1.80 bits per heavy atom. The fourth-order valence-corrected chi connectivity index (χ4v) is 9.05. The van der Waals surface area contributed by atoms with Crippen LogP contribution < -0.4 is 14.2 Å². The molecular weight excluding hydrogens is 713 g/mol. The number of allylic oxidation sites excluding steroid dienone is 1. The summed E-state index contributed by atoms with van der Waals surface area (Å²) in [7, 11) is 0. The van der Waals surface area contributed by atoms with Gasteiger partial charge in [-0.05, 0) is 79.7 Å². The van der Waals surface area contributed by atoms with Crippen LogP contribution in [0.4, 0.5) is 0 Å². The Bertz CT molecular complexity index is 1810. The first-order valence-corrected chi connectivity index (χ1v) is 20.3. The maximum Gasteiger partial charge on any atom is 0.241 e. The van der Waals surface area contributed by atoms with E-state index < -0.39 is 18.1 Å². The van der Waals surface area contributed by atoms with Crippen LogP contribution in [0.25, 0.3) is 0 Å². The van der Waals surface area contributed by atoms with Crippen LogP contribution in [-0.2, 0) is 20.9 Å². The molecular formula is C44H56N4O8. The minimum Gasteiger partial charge on any atom is -0.490 e. The second kappa shape index (κ2) is 19.1. The molecule has 2 fully saturated rings.